The quantitative estimate of drug-likeness (QED) is 0.852. The van der Waals surface area contributed by atoms with Gasteiger partial charge in [-0.25, -0.2) is 9.97 Å². The summed E-state index contributed by atoms with van der Waals surface area (Å²) >= 11 is 0. The molecule has 0 radical (unpaired) electrons. The van der Waals surface area contributed by atoms with E-state index in [0.29, 0.717) is 11.5 Å². The van der Waals surface area contributed by atoms with Gasteiger partial charge >= 0.3 is 0 Å². The zero-order valence-electron chi connectivity index (χ0n) is 11.2. The number of hydrogen-bond donors (Lipinski definition) is 2. The molecule has 2 aromatic heterocycles. The summed E-state index contributed by atoms with van der Waals surface area (Å²) in [6.07, 6.45) is 0. The van der Waals surface area contributed by atoms with E-state index in [0.717, 1.165) is 5.69 Å². The molecule has 2 N–H and O–H groups in total. The molecule has 2 heterocycles. The Morgan fingerprint density at radius 1 is 1.16 bits per heavy atom. The summed E-state index contributed by atoms with van der Waals surface area (Å²) in [7, 11) is 0. The minimum atomic E-state index is -0.465. The lowest BCUT2D eigenvalue weighted by Gasteiger charge is -2.02. The first-order valence-electron chi connectivity index (χ1n) is 5.89. The fraction of sp³-hybridized carbons (Fsp3) is 0.455. The summed E-state index contributed by atoms with van der Waals surface area (Å²) in [6.45, 7) is 7.51. The van der Waals surface area contributed by atoms with Gasteiger partial charge in [0.25, 0.3) is 5.91 Å². The van der Waals surface area contributed by atoms with Gasteiger partial charge in [0.2, 0.25) is 11.8 Å². The van der Waals surface area contributed by atoms with Crippen molar-refractivity contribution >= 4 is 11.9 Å². The predicted molar refractivity (Wildman–Crippen MR) is 67.7 cm³/mol. The van der Waals surface area contributed by atoms with Crippen LogP contribution in [0.1, 0.15) is 47.6 Å². The SMILES string of the molecule is Cc1nnc(NC(=O)c2n[nH]c(C(C)C)n2)nc1C. The largest absolute Gasteiger partial charge is 0.297 e. The maximum Gasteiger partial charge on any atom is 0.297 e. The molecule has 0 aliphatic carbocycles. The van der Waals surface area contributed by atoms with Crippen LogP contribution in [0.2, 0.25) is 0 Å². The molecule has 2 rings (SSSR count). The molecule has 0 aliphatic heterocycles. The van der Waals surface area contributed by atoms with E-state index in [9.17, 15) is 4.79 Å². The summed E-state index contributed by atoms with van der Waals surface area (Å²) in [4.78, 5) is 20.1. The fourth-order valence-corrected chi connectivity index (χ4v) is 1.30. The van der Waals surface area contributed by atoms with Crippen molar-refractivity contribution in [1.82, 2.24) is 30.4 Å². The van der Waals surface area contributed by atoms with Gasteiger partial charge in [0, 0.05) is 5.92 Å². The molecule has 0 fully saturated rings. The maximum absolute atomic E-state index is 11.9. The van der Waals surface area contributed by atoms with E-state index in [4.69, 9.17) is 0 Å². The predicted octanol–water partition coefficient (Wildman–Crippen LogP) is 0.982. The van der Waals surface area contributed by atoms with Crippen molar-refractivity contribution < 1.29 is 4.79 Å². The Morgan fingerprint density at radius 3 is 2.47 bits per heavy atom. The molecule has 8 heteroatoms. The average Bonchev–Trinajstić information content (AvgIpc) is 2.83. The number of rotatable bonds is 3. The zero-order chi connectivity index (χ0) is 14.0. The normalized spacial score (nSPS) is 10.8. The van der Waals surface area contributed by atoms with Gasteiger partial charge in [-0.1, -0.05) is 13.8 Å². The highest BCUT2D eigenvalue weighted by Gasteiger charge is 2.15. The maximum atomic E-state index is 11.9. The van der Waals surface area contributed by atoms with E-state index >= 15 is 0 Å². The van der Waals surface area contributed by atoms with Crippen molar-refractivity contribution in [2.75, 3.05) is 5.32 Å². The second-order valence-corrected chi connectivity index (χ2v) is 4.46. The summed E-state index contributed by atoms with van der Waals surface area (Å²) in [5.74, 6) is 0.570. The van der Waals surface area contributed by atoms with Crippen LogP contribution in [0.15, 0.2) is 0 Å². The van der Waals surface area contributed by atoms with E-state index in [-0.39, 0.29) is 17.7 Å². The number of carbonyl (C=O) groups excluding carboxylic acids is 1. The minimum absolute atomic E-state index is 0.0607. The lowest BCUT2D eigenvalue weighted by Crippen LogP contribution is -2.17. The first kappa shape index (κ1) is 13.1. The van der Waals surface area contributed by atoms with Gasteiger partial charge < -0.3 is 0 Å². The van der Waals surface area contributed by atoms with Crippen LogP contribution >= 0.6 is 0 Å². The van der Waals surface area contributed by atoms with E-state index in [1.165, 1.54) is 0 Å². The molecule has 0 atom stereocenters. The Bertz CT molecular complexity index is 605. The van der Waals surface area contributed by atoms with Crippen LogP contribution in [0.5, 0.6) is 0 Å². The van der Waals surface area contributed by atoms with E-state index in [1.807, 2.05) is 13.8 Å². The fourth-order valence-electron chi connectivity index (χ4n) is 1.30. The van der Waals surface area contributed by atoms with Gasteiger partial charge in [0.1, 0.15) is 5.82 Å². The van der Waals surface area contributed by atoms with Gasteiger partial charge in [0.05, 0.1) is 11.4 Å². The molecule has 0 aromatic carbocycles. The highest BCUT2D eigenvalue weighted by atomic mass is 16.2. The molecule has 0 bridgehead atoms. The highest BCUT2D eigenvalue weighted by molar-refractivity contribution is 6.00. The third-order valence-corrected chi connectivity index (χ3v) is 2.57. The number of aromatic amines is 1. The van der Waals surface area contributed by atoms with Crippen molar-refractivity contribution in [3.8, 4) is 0 Å². The number of H-pyrrole nitrogens is 1. The number of aromatic nitrogens is 6. The first-order valence-corrected chi connectivity index (χ1v) is 5.89. The average molecular weight is 261 g/mol. The molecular weight excluding hydrogens is 246 g/mol. The molecule has 19 heavy (non-hydrogen) atoms. The van der Waals surface area contributed by atoms with E-state index < -0.39 is 5.91 Å². The first-order chi connectivity index (χ1) is 8.97. The smallest absolute Gasteiger partial charge is 0.286 e. The molecule has 0 saturated heterocycles. The number of nitrogens with one attached hydrogen (secondary N) is 2. The summed E-state index contributed by atoms with van der Waals surface area (Å²) in [5.41, 5.74) is 1.43. The van der Waals surface area contributed by atoms with Gasteiger partial charge in [-0.05, 0) is 13.8 Å². The molecule has 0 spiro atoms. The molecule has 0 saturated carbocycles. The molecule has 100 valence electrons. The van der Waals surface area contributed by atoms with Crippen LogP contribution < -0.4 is 5.32 Å². The topological polar surface area (TPSA) is 109 Å². The number of anilines is 1. The molecular formula is C11H15N7O. The van der Waals surface area contributed by atoms with Crippen LogP contribution in [0.3, 0.4) is 0 Å². The summed E-state index contributed by atoms with van der Waals surface area (Å²) in [6, 6.07) is 0. The van der Waals surface area contributed by atoms with Crippen molar-refractivity contribution in [2.45, 2.75) is 33.6 Å². The lowest BCUT2D eigenvalue weighted by molar-refractivity contribution is 0.101. The lowest BCUT2D eigenvalue weighted by atomic mass is 10.2. The number of amides is 1. The second kappa shape index (κ2) is 5.09. The molecule has 0 unspecified atom stereocenters. The van der Waals surface area contributed by atoms with Crippen LogP contribution in [0.4, 0.5) is 5.95 Å². The third kappa shape index (κ3) is 2.90. The Kier molecular flexibility index (Phi) is 3.50. The van der Waals surface area contributed by atoms with Crippen LogP contribution in [0.25, 0.3) is 0 Å². The van der Waals surface area contributed by atoms with Crippen molar-refractivity contribution in [3.63, 3.8) is 0 Å². The zero-order valence-corrected chi connectivity index (χ0v) is 11.2. The van der Waals surface area contributed by atoms with Gasteiger partial charge in [0.15, 0.2) is 0 Å². The van der Waals surface area contributed by atoms with Crippen molar-refractivity contribution in [3.05, 3.63) is 23.0 Å². The molecule has 1 amide bonds. The minimum Gasteiger partial charge on any atom is -0.286 e. The molecule has 2 aromatic rings. The van der Waals surface area contributed by atoms with Crippen molar-refractivity contribution in [1.29, 1.82) is 0 Å². The molecule has 8 nitrogen and oxygen atoms in total. The third-order valence-electron chi connectivity index (χ3n) is 2.57. The number of hydrogen-bond acceptors (Lipinski definition) is 6. The number of nitrogens with zero attached hydrogens (tertiary/aromatic N) is 5. The van der Waals surface area contributed by atoms with E-state index in [2.05, 4.69) is 35.7 Å². The van der Waals surface area contributed by atoms with Crippen LogP contribution in [-0.4, -0.2) is 36.3 Å². The Hall–Kier alpha value is -2.38. The van der Waals surface area contributed by atoms with Crippen molar-refractivity contribution in [2.24, 2.45) is 0 Å². The summed E-state index contributed by atoms with van der Waals surface area (Å²) < 4.78 is 0. The Balaban J connectivity index is 2.13. The Morgan fingerprint density at radius 2 is 1.89 bits per heavy atom. The number of aryl methyl sites for hydroxylation is 2. The van der Waals surface area contributed by atoms with Gasteiger partial charge in [-0.15, -0.1) is 10.2 Å². The van der Waals surface area contributed by atoms with Crippen LogP contribution in [-0.2, 0) is 0 Å². The van der Waals surface area contributed by atoms with Crippen LogP contribution in [0, 0.1) is 13.8 Å². The standard InChI is InChI=1S/C11H15N7O/c1-5(2)8-13-9(17-16-8)10(19)14-11-12-6(3)7(4)15-18-11/h5H,1-4H3,(H,13,16,17)(H,12,14,18,19). The monoisotopic (exact) mass is 261 g/mol. The number of carbonyl (C=O) groups is 1. The van der Waals surface area contributed by atoms with E-state index in [1.54, 1.807) is 13.8 Å². The highest BCUT2D eigenvalue weighted by Crippen LogP contribution is 2.08. The second-order valence-electron chi connectivity index (χ2n) is 4.46. The summed E-state index contributed by atoms with van der Waals surface area (Å²) in [5, 5.41) is 16.7. The van der Waals surface area contributed by atoms with Gasteiger partial charge in [-0.2, -0.15) is 5.10 Å². The van der Waals surface area contributed by atoms with Gasteiger partial charge in [-0.3, -0.25) is 15.2 Å². The Labute approximate surface area is 110 Å². The molecule has 0 aliphatic rings.